The van der Waals surface area contributed by atoms with E-state index >= 15 is 0 Å². The second-order valence-corrected chi connectivity index (χ2v) is 5.13. The third-order valence-electron chi connectivity index (χ3n) is 3.88. The molecule has 1 aromatic carbocycles. The first-order valence-electron chi connectivity index (χ1n) is 6.36. The average molecular weight is 264 g/mol. The van der Waals surface area contributed by atoms with E-state index in [1.165, 1.54) is 0 Å². The van der Waals surface area contributed by atoms with Crippen molar-refractivity contribution in [1.82, 2.24) is 4.90 Å². The van der Waals surface area contributed by atoms with Crippen LogP contribution >= 0.6 is 0 Å². The van der Waals surface area contributed by atoms with Gasteiger partial charge in [-0.3, -0.25) is 9.69 Å². The van der Waals surface area contributed by atoms with Gasteiger partial charge in [-0.25, -0.2) is 0 Å². The second kappa shape index (κ2) is 5.19. The van der Waals surface area contributed by atoms with E-state index in [1.807, 2.05) is 24.3 Å². The molecule has 0 saturated carbocycles. The van der Waals surface area contributed by atoms with Crippen molar-refractivity contribution in [3.05, 3.63) is 29.8 Å². The van der Waals surface area contributed by atoms with Crippen LogP contribution in [0.5, 0.6) is 5.75 Å². The maximum Gasteiger partial charge on any atom is 0.325 e. The molecule has 3 N–H and O–H groups in total. The zero-order valence-electron chi connectivity index (χ0n) is 11.3. The predicted octanol–water partition coefficient (Wildman–Crippen LogP) is 1.24. The number of nitrogens with zero attached hydrogens (tertiary/aromatic N) is 1. The molecule has 0 bridgehead atoms. The summed E-state index contributed by atoms with van der Waals surface area (Å²) in [6, 6.07) is 7.95. The molecule has 0 aromatic heterocycles. The van der Waals surface area contributed by atoms with Gasteiger partial charge in [0.25, 0.3) is 0 Å². The van der Waals surface area contributed by atoms with Gasteiger partial charge in [-0.05, 0) is 31.0 Å². The Hall–Kier alpha value is -1.59. The van der Waals surface area contributed by atoms with Gasteiger partial charge >= 0.3 is 5.97 Å². The summed E-state index contributed by atoms with van der Waals surface area (Å²) in [5.41, 5.74) is 5.89. The molecule has 5 heteroatoms. The zero-order valence-corrected chi connectivity index (χ0v) is 11.3. The van der Waals surface area contributed by atoms with Crippen LogP contribution in [0.15, 0.2) is 24.3 Å². The number of nitrogens with two attached hydrogens (primary N) is 1. The molecule has 1 saturated heterocycles. The highest BCUT2D eigenvalue weighted by atomic mass is 16.5. The van der Waals surface area contributed by atoms with Crippen molar-refractivity contribution in [2.75, 3.05) is 20.2 Å². The Balaban J connectivity index is 2.12. The van der Waals surface area contributed by atoms with Gasteiger partial charge in [0.2, 0.25) is 0 Å². The van der Waals surface area contributed by atoms with Crippen molar-refractivity contribution in [3.63, 3.8) is 0 Å². The number of carboxylic acid groups (broad SMARTS) is 1. The van der Waals surface area contributed by atoms with Gasteiger partial charge in [-0.2, -0.15) is 0 Å². The first-order valence-corrected chi connectivity index (χ1v) is 6.36. The van der Waals surface area contributed by atoms with Crippen LogP contribution in [-0.2, 0) is 4.79 Å². The number of hydrogen-bond acceptors (Lipinski definition) is 4. The van der Waals surface area contributed by atoms with Gasteiger partial charge in [0, 0.05) is 19.1 Å². The fraction of sp³-hybridized carbons (Fsp3) is 0.500. The molecule has 2 rings (SSSR count). The van der Waals surface area contributed by atoms with E-state index in [1.54, 1.807) is 7.11 Å². The van der Waals surface area contributed by atoms with E-state index in [0.717, 1.165) is 11.3 Å². The van der Waals surface area contributed by atoms with Gasteiger partial charge < -0.3 is 15.6 Å². The summed E-state index contributed by atoms with van der Waals surface area (Å²) >= 11 is 0. The Labute approximate surface area is 113 Å². The van der Waals surface area contributed by atoms with Crippen LogP contribution in [0.2, 0.25) is 0 Å². The molecule has 0 amide bonds. The van der Waals surface area contributed by atoms with E-state index in [0.29, 0.717) is 19.5 Å². The minimum absolute atomic E-state index is 0.125. The standard InChI is InChI=1S/C14H20N2O3/c1-10(11-4-3-5-12(8-11)19-2)16-7-6-14(15,9-16)13(17)18/h3-5,8,10H,6-7,9,15H2,1-2H3,(H,17,18). The van der Waals surface area contributed by atoms with Gasteiger partial charge in [-0.1, -0.05) is 12.1 Å². The maximum atomic E-state index is 11.2. The van der Waals surface area contributed by atoms with E-state index in [9.17, 15) is 4.79 Å². The minimum Gasteiger partial charge on any atom is -0.497 e. The highest BCUT2D eigenvalue weighted by Gasteiger charge is 2.42. The molecule has 2 unspecified atom stereocenters. The monoisotopic (exact) mass is 264 g/mol. The topological polar surface area (TPSA) is 75.8 Å². The summed E-state index contributed by atoms with van der Waals surface area (Å²) < 4.78 is 5.21. The van der Waals surface area contributed by atoms with Crippen molar-refractivity contribution < 1.29 is 14.6 Å². The fourth-order valence-electron chi connectivity index (χ4n) is 2.48. The molecule has 0 aliphatic carbocycles. The van der Waals surface area contributed by atoms with E-state index in [4.69, 9.17) is 15.6 Å². The maximum absolute atomic E-state index is 11.2. The number of ether oxygens (including phenoxy) is 1. The van der Waals surface area contributed by atoms with E-state index in [-0.39, 0.29) is 6.04 Å². The largest absolute Gasteiger partial charge is 0.497 e. The van der Waals surface area contributed by atoms with Crippen molar-refractivity contribution in [2.24, 2.45) is 5.73 Å². The molecule has 1 aliphatic heterocycles. The molecule has 0 spiro atoms. The Morgan fingerprint density at radius 3 is 2.89 bits per heavy atom. The second-order valence-electron chi connectivity index (χ2n) is 5.13. The molecule has 19 heavy (non-hydrogen) atoms. The summed E-state index contributed by atoms with van der Waals surface area (Å²) in [4.78, 5) is 13.3. The number of hydrogen-bond donors (Lipinski definition) is 2. The molecule has 2 atom stereocenters. The molecule has 1 aliphatic rings. The number of carbonyl (C=O) groups is 1. The smallest absolute Gasteiger partial charge is 0.325 e. The first kappa shape index (κ1) is 13.8. The molecule has 104 valence electrons. The summed E-state index contributed by atoms with van der Waals surface area (Å²) in [5, 5.41) is 9.15. The highest BCUT2D eigenvalue weighted by molar-refractivity contribution is 5.79. The number of methoxy groups -OCH3 is 1. The van der Waals surface area contributed by atoms with Gasteiger partial charge in [0.1, 0.15) is 11.3 Å². The van der Waals surface area contributed by atoms with Gasteiger partial charge in [0.05, 0.1) is 7.11 Å². The Morgan fingerprint density at radius 1 is 1.58 bits per heavy atom. The van der Waals surface area contributed by atoms with Crippen molar-refractivity contribution in [3.8, 4) is 5.75 Å². The molecule has 1 heterocycles. The van der Waals surface area contributed by atoms with Gasteiger partial charge in [0.15, 0.2) is 0 Å². The first-order chi connectivity index (χ1) is 8.96. The summed E-state index contributed by atoms with van der Waals surface area (Å²) in [5.74, 6) is -0.117. The lowest BCUT2D eigenvalue weighted by molar-refractivity contribution is -0.142. The third-order valence-corrected chi connectivity index (χ3v) is 3.88. The molecule has 1 fully saturated rings. The lowest BCUT2D eigenvalue weighted by Gasteiger charge is -2.26. The normalized spacial score (nSPS) is 25.2. The average Bonchev–Trinajstić information content (AvgIpc) is 2.82. The van der Waals surface area contributed by atoms with Crippen LogP contribution in [0.25, 0.3) is 0 Å². The zero-order chi connectivity index (χ0) is 14.0. The lowest BCUT2D eigenvalue weighted by atomic mass is 10.0. The summed E-state index contributed by atoms with van der Waals surface area (Å²) in [6.07, 6.45) is 0.483. The van der Waals surface area contributed by atoms with Crippen LogP contribution < -0.4 is 10.5 Å². The molecular formula is C14H20N2O3. The fourth-order valence-corrected chi connectivity index (χ4v) is 2.48. The van der Waals surface area contributed by atoms with E-state index in [2.05, 4.69) is 11.8 Å². The number of benzene rings is 1. The Morgan fingerprint density at radius 2 is 2.32 bits per heavy atom. The number of likely N-dealkylation sites (tertiary alicyclic amines) is 1. The van der Waals surface area contributed by atoms with Crippen molar-refractivity contribution in [1.29, 1.82) is 0 Å². The van der Waals surface area contributed by atoms with Crippen LogP contribution in [0, 0.1) is 0 Å². The minimum atomic E-state index is -1.12. The Bertz CT molecular complexity index is 478. The third kappa shape index (κ3) is 2.72. The van der Waals surface area contributed by atoms with E-state index < -0.39 is 11.5 Å². The molecule has 1 aromatic rings. The van der Waals surface area contributed by atoms with Crippen LogP contribution in [0.4, 0.5) is 0 Å². The van der Waals surface area contributed by atoms with Gasteiger partial charge in [-0.15, -0.1) is 0 Å². The number of aliphatic carboxylic acids is 1. The summed E-state index contributed by atoms with van der Waals surface area (Å²) in [7, 11) is 1.63. The number of rotatable bonds is 4. The molecular weight excluding hydrogens is 244 g/mol. The quantitative estimate of drug-likeness (QED) is 0.856. The molecule has 0 radical (unpaired) electrons. The highest BCUT2D eigenvalue weighted by Crippen LogP contribution is 2.30. The lowest BCUT2D eigenvalue weighted by Crippen LogP contribution is -2.50. The van der Waals surface area contributed by atoms with Crippen molar-refractivity contribution >= 4 is 5.97 Å². The van der Waals surface area contributed by atoms with Crippen LogP contribution in [0.1, 0.15) is 24.9 Å². The Kier molecular flexibility index (Phi) is 3.78. The predicted molar refractivity (Wildman–Crippen MR) is 72.2 cm³/mol. The van der Waals surface area contributed by atoms with Crippen LogP contribution in [0.3, 0.4) is 0 Å². The summed E-state index contributed by atoms with van der Waals surface area (Å²) in [6.45, 7) is 3.13. The molecule has 5 nitrogen and oxygen atoms in total. The van der Waals surface area contributed by atoms with Crippen LogP contribution in [-0.4, -0.2) is 41.7 Å². The van der Waals surface area contributed by atoms with Crippen molar-refractivity contribution in [2.45, 2.75) is 24.9 Å². The number of carboxylic acids is 1. The SMILES string of the molecule is COc1cccc(C(C)N2CCC(N)(C(=O)O)C2)c1.